The summed E-state index contributed by atoms with van der Waals surface area (Å²) in [4.78, 5) is 11.0. The lowest BCUT2D eigenvalue weighted by atomic mass is 10.0. The molecule has 0 amide bonds. The van der Waals surface area contributed by atoms with Crippen molar-refractivity contribution in [3.8, 4) is 5.75 Å². The molecule has 0 aromatic heterocycles. The van der Waals surface area contributed by atoms with Crippen molar-refractivity contribution in [2.75, 3.05) is 7.11 Å². The Morgan fingerprint density at radius 2 is 2.11 bits per heavy atom. The highest BCUT2D eigenvalue weighted by atomic mass is 16.5. The topological polar surface area (TPSA) is 55.8 Å². The highest BCUT2D eigenvalue weighted by Crippen LogP contribution is 2.23. The van der Waals surface area contributed by atoms with Gasteiger partial charge in [0.25, 0.3) is 0 Å². The average molecular weight is 252 g/mol. The maximum Gasteiger partial charge on any atom is 0.305 e. The Kier molecular flexibility index (Phi) is 5.65. The lowest BCUT2D eigenvalue weighted by Gasteiger charge is -2.14. The molecular weight excluding hydrogens is 232 g/mol. The molecule has 4 heteroatoms. The first-order valence-electron chi connectivity index (χ1n) is 6.04. The number of carbonyl (C=O) groups excluding carboxylic acids is 1. The van der Waals surface area contributed by atoms with E-state index in [1.54, 1.807) is 6.07 Å². The Hall–Kier alpha value is -1.55. The Balaban J connectivity index is 2.62. The summed E-state index contributed by atoms with van der Waals surface area (Å²) in [6.45, 7) is 3.89. The summed E-state index contributed by atoms with van der Waals surface area (Å²) in [6, 6.07) is 7.28. The number of methoxy groups -OCH3 is 1. The molecule has 1 aromatic rings. The van der Waals surface area contributed by atoms with Gasteiger partial charge >= 0.3 is 5.97 Å². The largest absolute Gasteiger partial charge is 0.491 e. The van der Waals surface area contributed by atoms with Gasteiger partial charge in [0, 0.05) is 6.42 Å². The molecule has 100 valence electrons. The van der Waals surface area contributed by atoms with Crippen LogP contribution in [0.25, 0.3) is 0 Å². The molecule has 0 saturated heterocycles. The quantitative estimate of drug-likeness (QED) is 0.790. The van der Waals surface area contributed by atoms with E-state index in [0.29, 0.717) is 6.42 Å². The maximum absolute atomic E-state index is 11.0. The molecule has 1 atom stereocenters. The molecule has 0 fully saturated rings. The van der Waals surface area contributed by atoms with Gasteiger partial charge in [-0.2, -0.15) is 0 Å². The van der Waals surface area contributed by atoms with Crippen molar-refractivity contribution in [1.82, 2.24) is 0 Å². The predicted octanol–water partition coefficient (Wildman–Crippen LogP) is 2.46. The van der Waals surface area contributed by atoms with E-state index < -0.39 is 6.10 Å². The monoisotopic (exact) mass is 252 g/mol. The van der Waals surface area contributed by atoms with E-state index in [1.807, 2.05) is 32.0 Å². The third kappa shape index (κ3) is 4.75. The first kappa shape index (κ1) is 14.5. The molecule has 0 radical (unpaired) electrons. The van der Waals surface area contributed by atoms with Crippen LogP contribution >= 0.6 is 0 Å². The lowest BCUT2D eigenvalue weighted by molar-refractivity contribution is -0.141. The van der Waals surface area contributed by atoms with E-state index in [2.05, 4.69) is 4.74 Å². The van der Waals surface area contributed by atoms with Gasteiger partial charge in [-0.3, -0.25) is 4.79 Å². The van der Waals surface area contributed by atoms with E-state index >= 15 is 0 Å². The number of aliphatic hydroxyl groups is 1. The van der Waals surface area contributed by atoms with Crippen LogP contribution in [0.4, 0.5) is 0 Å². The van der Waals surface area contributed by atoms with Crippen LogP contribution in [0.3, 0.4) is 0 Å². The second kappa shape index (κ2) is 7.01. The summed E-state index contributed by atoms with van der Waals surface area (Å²) in [7, 11) is 1.34. The Labute approximate surface area is 108 Å². The van der Waals surface area contributed by atoms with Gasteiger partial charge in [-0.1, -0.05) is 12.1 Å². The second-order valence-corrected chi connectivity index (χ2v) is 4.37. The fourth-order valence-electron chi connectivity index (χ4n) is 1.59. The lowest BCUT2D eigenvalue weighted by Crippen LogP contribution is -2.07. The summed E-state index contributed by atoms with van der Waals surface area (Å²) in [5.74, 6) is 0.406. The number of rotatable bonds is 6. The molecule has 4 nitrogen and oxygen atoms in total. The fourth-order valence-corrected chi connectivity index (χ4v) is 1.59. The molecule has 1 aromatic carbocycles. The highest BCUT2D eigenvalue weighted by molar-refractivity contribution is 5.69. The zero-order chi connectivity index (χ0) is 13.5. The van der Waals surface area contributed by atoms with Crippen molar-refractivity contribution in [3.63, 3.8) is 0 Å². The number of aliphatic hydroxyl groups excluding tert-OH is 1. The van der Waals surface area contributed by atoms with Crippen LogP contribution in [0, 0.1) is 0 Å². The Morgan fingerprint density at radius 3 is 2.72 bits per heavy atom. The molecule has 0 bridgehead atoms. The molecule has 0 aliphatic heterocycles. The Bertz CT molecular complexity index is 387. The van der Waals surface area contributed by atoms with Crippen LogP contribution in [0.15, 0.2) is 24.3 Å². The number of esters is 1. The van der Waals surface area contributed by atoms with Gasteiger partial charge in [0.1, 0.15) is 5.75 Å². The molecule has 0 saturated carbocycles. The summed E-state index contributed by atoms with van der Waals surface area (Å²) in [5, 5.41) is 9.96. The standard InChI is InChI=1S/C14H20O4/c1-10(2)18-12-6-4-5-11(9-12)13(15)7-8-14(16)17-3/h4-6,9-10,13,15H,7-8H2,1-3H3. The molecule has 0 aliphatic rings. The van der Waals surface area contributed by atoms with Gasteiger partial charge in [-0.15, -0.1) is 0 Å². The fraction of sp³-hybridized carbons (Fsp3) is 0.500. The predicted molar refractivity (Wildman–Crippen MR) is 68.4 cm³/mol. The van der Waals surface area contributed by atoms with E-state index in [0.717, 1.165) is 11.3 Å². The van der Waals surface area contributed by atoms with Crippen LogP contribution in [0.1, 0.15) is 38.4 Å². The summed E-state index contributed by atoms with van der Waals surface area (Å²) in [6.07, 6.45) is -0.0441. The molecule has 0 aliphatic carbocycles. The summed E-state index contributed by atoms with van der Waals surface area (Å²) >= 11 is 0. The second-order valence-electron chi connectivity index (χ2n) is 4.37. The van der Waals surface area contributed by atoms with Crippen LogP contribution < -0.4 is 4.74 Å². The zero-order valence-electron chi connectivity index (χ0n) is 11.1. The SMILES string of the molecule is COC(=O)CCC(O)c1cccc(OC(C)C)c1. The summed E-state index contributed by atoms with van der Waals surface area (Å²) in [5.41, 5.74) is 0.747. The van der Waals surface area contributed by atoms with Gasteiger partial charge < -0.3 is 14.6 Å². The van der Waals surface area contributed by atoms with Gasteiger partial charge in [0.05, 0.1) is 19.3 Å². The van der Waals surface area contributed by atoms with Crippen molar-refractivity contribution in [3.05, 3.63) is 29.8 Å². The van der Waals surface area contributed by atoms with Crippen molar-refractivity contribution in [1.29, 1.82) is 0 Å². The molecule has 1 rings (SSSR count). The highest BCUT2D eigenvalue weighted by Gasteiger charge is 2.11. The number of hydrogen-bond acceptors (Lipinski definition) is 4. The average Bonchev–Trinajstić information content (AvgIpc) is 2.35. The minimum Gasteiger partial charge on any atom is -0.491 e. The van der Waals surface area contributed by atoms with Crippen LogP contribution in [0.2, 0.25) is 0 Å². The third-order valence-corrected chi connectivity index (χ3v) is 2.46. The van der Waals surface area contributed by atoms with Gasteiger partial charge in [-0.05, 0) is 38.0 Å². The van der Waals surface area contributed by atoms with Gasteiger partial charge in [0.15, 0.2) is 0 Å². The molecule has 0 heterocycles. The van der Waals surface area contributed by atoms with E-state index in [1.165, 1.54) is 7.11 Å². The van der Waals surface area contributed by atoms with Crippen molar-refractivity contribution < 1.29 is 19.4 Å². The van der Waals surface area contributed by atoms with Gasteiger partial charge in [0.2, 0.25) is 0 Å². The van der Waals surface area contributed by atoms with E-state index in [9.17, 15) is 9.90 Å². The van der Waals surface area contributed by atoms with Crippen LogP contribution in [-0.4, -0.2) is 24.3 Å². The van der Waals surface area contributed by atoms with Crippen molar-refractivity contribution >= 4 is 5.97 Å². The van der Waals surface area contributed by atoms with Gasteiger partial charge in [-0.25, -0.2) is 0 Å². The minimum atomic E-state index is -0.681. The third-order valence-electron chi connectivity index (χ3n) is 2.46. The number of ether oxygens (including phenoxy) is 2. The Morgan fingerprint density at radius 1 is 1.39 bits per heavy atom. The number of carbonyl (C=O) groups is 1. The van der Waals surface area contributed by atoms with Crippen molar-refractivity contribution in [2.45, 2.75) is 38.9 Å². The smallest absolute Gasteiger partial charge is 0.305 e. The van der Waals surface area contributed by atoms with Crippen LogP contribution in [-0.2, 0) is 9.53 Å². The molecular formula is C14H20O4. The number of hydrogen-bond donors (Lipinski definition) is 1. The number of benzene rings is 1. The first-order chi connectivity index (χ1) is 8.52. The first-order valence-corrected chi connectivity index (χ1v) is 6.04. The molecule has 18 heavy (non-hydrogen) atoms. The molecule has 1 N–H and O–H groups in total. The van der Waals surface area contributed by atoms with E-state index in [4.69, 9.17) is 4.74 Å². The normalized spacial score (nSPS) is 12.3. The summed E-state index contributed by atoms with van der Waals surface area (Å²) < 4.78 is 10.1. The van der Waals surface area contributed by atoms with Crippen molar-refractivity contribution in [2.24, 2.45) is 0 Å². The minimum absolute atomic E-state index is 0.0902. The maximum atomic E-state index is 11.0. The zero-order valence-corrected chi connectivity index (χ0v) is 11.1. The van der Waals surface area contributed by atoms with Crippen LogP contribution in [0.5, 0.6) is 5.75 Å². The van der Waals surface area contributed by atoms with E-state index in [-0.39, 0.29) is 18.5 Å². The molecule has 0 spiro atoms. The molecule has 1 unspecified atom stereocenters.